The maximum Gasteiger partial charge on any atom is 0.0827 e. The summed E-state index contributed by atoms with van der Waals surface area (Å²) in [5.41, 5.74) is 9.40. The molecular weight excluding hydrogens is 492 g/mol. The third-order valence-corrected chi connectivity index (χ3v) is 7.10. The summed E-state index contributed by atoms with van der Waals surface area (Å²) in [4.78, 5) is 0. The van der Waals surface area contributed by atoms with Crippen LogP contribution in [0.4, 0.5) is 0 Å². The van der Waals surface area contributed by atoms with Crippen LogP contribution in [-0.2, 0) is 25.9 Å². The molecule has 0 aliphatic carbocycles. The molecule has 0 radical (unpaired) electrons. The maximum absolute atomic E-state index is 4.38. The van der Waals surface area contributed by atoms with Gasteiger partial charge in [0.2, 0.25) is 0 Å². The molecule has 4 aromatic carbocycles. The fourth-order valence-corrected chi connectivity index (χ4v) is 4.91. The summed E-state index contributed by atoms with van der Waals surface area (Å²) in [6.07, 6.45) is 8.02. The highest BCUT2D eigenvalue weighted by atomic mass is 15.4. The van der Waals surface area contributed by atoms with Gasteiger partial charge in [-0.25, -0.2) is 9.36 Å². The summed E-state index contributed by atoms with van der Waals surface area (Å²) in [6, 6.07) is 38.2. The van der Waals surface area contributed by atoms with E-state index in [1.165, 1.54) is 33.4 Å². The van der Waals surface area contributed by atoms with Gasteiger partial charge in [-0.2, -0.15) is 0 Å². The van der Waals surface area contributed by atoms with Gasteiger partial charge in [-0.15, -0.1) is 10.2 Å². The van der Waals surface area contributed by atoms with Crippen molar-refractivity contribution in [2.24, 2.45) is 0 Å². The van der Waals surface area contributed by atoms with Gasteiger partial charge < -0.3 is 0 Å². The highest BCUT2D eigenvalue weighted by molar-refractivity contribution is 5.64. The second-order valence-electron chi connectivity index (χ2n) is 10.1. The third kappa shape index (κ3) is 6.59. The van der Waals surface area contributed by atoms with Crippen molar-refractivity contribution in [3.63, 3.8) is 0 Å². The number of nitrogens with zero attached hydrogens (tertiary/aromatic N) is 6. The predicted octanol–water partition coefficient (Wildman–Crippen LogP) is 6.87. The summed E-state index contributed by atoms with van der Waals surface area (Å²) in [5, 5.41) is 17.4. The van der Waals surface area contributed by atoms with E-state index in [2.05, 4.69) is 130 Å². The van der Waals surface area contributed by atoms with E-state index in [1.54, 1.807) is 0 Å². The molecule has 0 saturated heterocycles. The molecule has 0 fully saturated rings. The summed E-state index contributed by atoms with van der Waals surface area (Å²) >= 11 is 0. The SMILES string of the molecule is c1ccc(-c2ccc(Cn3cc(CCCCc4cn(Cc5ccc(-c6ccccc6)cc5)nn4)nn3)cc2)cc1. The molecule has 2 heterocycles. The Bertz CT molecular complexity index is 1490. The summed E-state index contributed by atoms with van der Waals surface area (Å²) < 4.78 is 3.84. The second kappa shape index (κ2) is 12.3. The van der Waals surface area contributed by atoms with Crippen LogP contribution in [0.3, 0.4) is 0 Å². The van der Waals surface area contributed by atoms with Crippen LogP contribution in [0.15, 0.2) is 122 Å². The minimum Gasteiger partial charge on any atom is -0.248 e. The molecule has 2 aromatic heterocycles. The standard InChI is InChI=1S/C34H32N6/c1-3-9-29(10-4-1)31-19-15-27(16-20-31)23-39-25-33(35-37-39)13-7-8-14-34-26-40(38-36-34)24-28-17-21-32(22-18-28)30-11-5-2-6-12-30/h1-6,9-12,15-22,25-26H,7-8,13-14,23-24H2. The number of rotatable bonds is 11. The Kier molecular flexibility index (Phi) is 7.85. The number of benzene rings is 4. The minimum atomic E-state index is 0.722. The smallest absolute Gasteiger partial charge is 0.0827 e. The first kappa shape index (κ1) is 25.4. The molecule has 0 aliphatic rings. The van der Waals surface area contributed by atoms with Crippen LogP contribution in [0, 0.1) is 0 Å². The molecule has 6 nitrogen and oxygen atoms in total. The summed E-state index contributed by atoms with van der Waals surface area (Å²) in [7, 11) is 0. The second-order valence-corrected chi connectivity index (χ2v) is 10.1. The lowest BCUT2D eigenvalue weighted by Crippen LogP contribution is -2.00. The van der Waals surface area contributed by atoms with Gasteiger partial charge in [0.25, 0.3) is 0 Å². The molecular formula is C34H32N6. The lowest BCUT2D eigenvalue weighted by Gasteiger charge is -2.04. The van der Waals surface area contributed by atoms with E-state index >= 15 is 0 Å². The molecule has 198 valence electrons. The van der Waals surface area contributed by atoms with Gasteiger partial charge in [0.15, 0.2) is 0 Å². The quantitative estimate of drug-likeness (QED) is 0.174. The Labute approximate surface area is 234 Å². The predicted molar refractivity (Wildman–Crippen MR) is 159 cm³/mol. The van der Waals surface area contributed by atoms with Crippen LogP contribution in [0.25, 0.3) is 22.3 Å². The Balaban J connectivity index is 0.939. The van der Waals surface area contributed by atoms with Gasteiger partial charge in [-0.05, 0) is 59.1 Å². The van der Waals surface area contributed by atoms with E-state index in [1.807, 2.05) is 21.5 Å². The van der Waals surface area contributed by atoms with Crippen molar-refractivity contribution in [1.82, 2.24) is 30.0 Å². The highest BCUT2D eigenvalue weighted by Crippen LogP contribution is 2.21. The molecule has 6 aromatic rings. The molecule has 0 amide bonds. The van der Waals surface area contributed by atoms with Gasteiger partial charge in [0.1, 0.15) is 0 Å². The van der Waals surface area contributed by atoms with Crippen LogP contribution in [-0.4, -0.2) is 30.0 Å². The number of aromatic nitrogens is 6. The largest absolute Gasteiger partial charge is 0.248 e. The van der Waals surface area contributed by atoms with Crippen molar-refractivity contribution in [2.75, 3.05) is 0 Å². The van der Waals surface area contributed by atoms with Gasteiger partial charge in [0.05, 0.1) is 24.5 Å². The van der Waals surface area contributed by atoms with Gasteiger partial charge in [-0.1, -0.05) is 120 Å². The Morgan fingerprint density at radius 1 is 0.425 bits per heavy atom. The highest BCUT2D eigenvalue weighted by Gasteiger charge is 2.06. The molecule has 0 spiro atoms. The zero-order valence-electron chi connectivity index (χ0n) is 22.5. The monoisotopic (exact) mass is 524 g/mol. The zero-order valence-corrected chi connectivity index (χ0v) is 22.5. The molecule has 0 atom stereocenters. The van der Waals surface area contributed by atoms with Crippen molar-refractivity contribution >= 4 is 0 Å². The molecule has 6 heteroatoms. The van der Waals surface area contributed by atoms with Crippen molar-refractivity contribution < 1.29 is 0 Å². The normalized spacial score (nSPS) is 11.1. The molecule has 6 rings (SSSR count). The van der Waals surface area contributed by atoms with E-state index in [4.69, 9.17) is 0 Å². The summed E-state index contributed by atoms with van der Waals surface area (Å²) in [6.45, 7) is 1.44. The fourth-order valence-electron chi connectivity index (χ4n) is 4.91. The lowest BCUT2D eigenvalue weighted by atomic mass is 10.0. The minimum absolute atomic E-state index is 0.722. The van der Waals surface area contributed by atoms with E-state index in [0.717, 1.165) is 50.2 Å². The number of hydrogen-bond acceptors (Lipinski definition) is 4. The Morgan fingerprint density at radius 2 is 0.800 bits per heavy atom. The van der Waals surface area contributed by atoms with Crippen molar-refractivity contribution in [1.29, 1.82) is 0 Å². The Hall–Kier alpha value is -4.84. The van der Waals surface area contributed by atoms with Crippen molar-refractivity contribution in [2.45, 2.75) is 38.8 Å². The van der Waals surface area contributed by atoms with Crippen LogP contribution in [0.1, 0.15) is 35.4 Å². The first-order chi connectivity index (χ1) is 19.8. The van der Waals surface area contributed by atoms with E-state index in [0.29, 0.717) is 0 Å². The molecule has 0 saturated carbocycles. The molecule has 40 heavy (non-hydrogen) atoms. The molecule has 0 unspecified atom stereocenters. The van der Waals surface area contributed by atoms with Crippen LogP contribution in [0.5, 0.6) is 0 Å². The van der Waals surface area contributed by atoms with Crippen LogP contribution in [0.2, 0.25) is 0 Å². The van der Waals surface area contributed by atoms with E-state index in [9.17, 15) is 0 Å². The van der Waals surface area contributed by atoms with Crippen molar-refractivity contribution in [3.8, 4) is 22.3 Å². The number of aryl methyl sites for hydroxylation is 2. The van der Waals surface area contributed by atoms with Gasteiger partial charge >= 0.3 is 0 Å². The average molecular weight is 525 g/mol. The Morgan fingerprint density at radius 3 is 1.20 bits per heavy atom. The number of unbranched alkanes of at least 4 members (excludes halogenated alkanes) is 1. The first-order valence-corrected chi connectivity index (χ1v) is 13.9. The average Bonchev–Trinajstić information content (AvgIpc) is 3.66. The molecule has 0 bridgehead atoms. The molecule has 0 N–H and O–H groups in total. The fraction of sp³-hybridized carbons (Fsp3) is 0.176. The van der Waals surface area contributed by atoms with Gasteiger partial charge in [0, 0.05) is 12.4 Å². The van der Waals surface area contributed by atoms with E-state index in [-0.39, 0.29) is 0 Å². The first-order valence-electron chi connectivity index (χ1n) is 13.9. The number of hydrogen-bond donors (Lipinski definition) is 0. The van der Waals surface area contributed by atoms with E-state index < -0.39 is 0 Å². The zero-order chi connectivity index (χ0) is 27.0. The summed E-state index contributed by atoms with van der Waals surface area (Å²) in [5.74, 6) is 0. The third-order valence-electron chi connectivity index (χ3n) is 7.10. The van der Waals surface area contributed by atoms with Crippen LogP contribution < -0.4 is 0 Å². The molecule has 0 aliphatic heterocycles. The lowest BCUT2D eigenvalue weighted by molar-refractivity contribution is 0.647. The maximum atomic E-state index is 4.38. The van der Waals surface area contributed by atoms with Crippen LogP contribution >= 0.6 is 0 Å². The topological polar surface area (TPSA) is 61.4 Å². The van der Waals surface area contributed by atoms with Gasteiger partial charge in [-0.3, -0.25) is 0 Å². The van der Waals surface area contributed by atoms with Crippen molar-refractivity contribution in [3.05, 3.63) is 144 Å².